The van der Waals surface area contributed by atoms with Gasteiger partial charge in [-0.15, -0.1) is 0 Å². The van der Waals surface area contributed by atoms with E-state index in [0.717, 1.165) is 13.0 Å². The van der Waals surface area contributed by atoms with Crippen LogP contribution in [0.2, 0.25) is 0 Å². The molecule has 2 aromatic rings. The summed E-state index contributed by atoms with van der Waals surface area (Å²) in [7, 11) is 0. The number of anilines is 2. The third kappa shape index (κ3) is 3.62. The lowest BCUT2D eigenvalue weighted by atomic mass is 9.84. The highest BCUT2D eigenvalue weighted by Crippen LogP contribution is 2.46. The zero-order valence-corrected chi connectivity index (χ0v) is 18.1. The molecule has 0 fully saturated rings. The molecule has 0 saturated carbocycles. The number of carbonyl (C=O) groups is 3. The van der Waals surface area contributed by atoms with Crippen LogP contribution in [0.15, 0.2) is 36.4 Å². The van der Waals surface area contributed by atoms with Crippen molar-refractivity contribution in [3.63, 3.8) is 0 Å². The van der Waals surface area contributed by atoms with E-state index in [0.29, 0.717) is 11.8 Å². The van der Waals surface area contributed by atoms with Crippen LogP contribution in [0.4, 0.5) is 20.2 Å². The van der Waals surface area contributed by atoms with Gasteiger partial charge in [-0.2, -0.15) is 0 Å². The topological polar surface area (TPSA) is 95.9 Å². The van der Waals surface area contributed by atoms with Gasteiger partial charge in [-0.25, -0.2) is 13.6 Å². The smallest absolute Gasteiger partial charge is 0.338 e. The summed E-state index contributed by atoms with van der Waals surface area (Å²) in [5.41, 5.74) is -1.96. The first kappa shape index (κ1) is 23.3. The van der Waals surface area contributed by atoms with Gasteiger partial charge in [0.15, 0.2) is 29.1 Å². The summed E-state index contributed by atoms with van der Waals surface area (Å²) in [6.07, 6.45) is -2.05. The second-order valence-corrected chi connectivity index (χ2v) is 7.74. The Kier molecular flexibility index (Phi) is 6.32. The molecule has 3 rings (SSSR count). The van der Waals surface area contributed by atoms with Crippen molar-refractivity contribution in [1.29, 1.82) is 0 Å². The van der Waals surface area contributed by atoms with Crippen LogP contribution >= 0.6 is 0 Å². The number of nitrogens with one attached hydrogen (secondary N) is 1. The molecule has 2 atom stereocenters. The van der Waals surface area contributed by atoms with Crippen LogP contribution in [0, 0.1) is 11.6 Å². The molecule has 1 amide bonds. The maximum Gasteiger partial charge on any atom is 0.338 e. The van der Waals surface area contributed by atoms with Crippen LogP contribution in [0.25, 0.3) is 0 Å². The normalized spacial score (nSPS) is 18.5. The Morgan fingerprint density at radius 1 is 1.19 bits per heavy atom. The minimum Gasteiger partial charge on any atom is -0.464 e. The van der Waals surface area contributed by atoms with Gasteiger partial charge in [0.05, 0.1) is 12.3 Å². The van der Waals surface area contributed by atoms with E-state index < -0.39 is 40.9 Å². The van der Waals surface area contributed by atoms with Gasteiger partial charge < -0.3 is 20.1 Å². The van der Waals surface area contributed by atoms with Crippen LogP contribution in [0.3, 0.4) is 0 Å². The van der Waals surface area contributed by atoms with Gasteiger partial charge in [-0.05, 0) is 39.8 Å². The lowest BCUT2D eigenvalue weighted by Crippen LogP contribution is -2.58. The fourth-order valence-corrected chi connectivity index (χ4v) is 3.95. The number of ketones is 1. The molecule has 0 aliphatic carbocycles. The SMILES string of the molecule is CCOC(=O)C(O)C1(Nc2cc(F)c(F)cc2C(C)=O)C(=O)N(C(C)C)c2ccccc21. The number of para-hydroxylation sites is 1. The minimum atomic E-state index is -2.14. The molecule has 0 spiro atoms. The average Bonchev–Trinajstić information content (AvgIpc) is 2.98. The summed E-state index contributed by atoms with van der Waals surface area (Å²) in [6.45, 7) is 6.13. The summed E-state index contributed by atoms with van der Waals surface area (Å²) in [6, 6.07) is 7.55. The molecule has 1 aliphatic heterocycles. The molecular weight excluding hydrogens is 422 g/mol. The molecule has 32 heavy (non-hydrogen) atoms. The van der Waals surface area contributed by atoms with Crippen LogP contribution in [0.1, 0.15) is 43.6 Å². The van der Waals surface area contributed by atoms with Gasteiger partial charge >= 0.3 is 5.97 Å². The third-order valence-corrected chi connectivity index (χ3v) is 5.35. The number of carbonyl (C=O) groups excluding carboxylic acids is 3. The molecule has 2 N–H and O–H groups in total. The summed E-state index contributed by atoms with van der Waals surface area (Å²) in [4.78, 5) is 39.9. The minimum absolute atomic E-state index is 0.0560. The molecule has 1 heterocycles. The third-order valence-electron chi connectivity index (χ3n) is 5.35. The predicted octanol–water partition coefficient (Wildman–Crippen LogP) is 3.15. The molecule has 2 unspecified atom stereocenters. The first-order valence-electron chi connectivity index (χ1n) is 10.1. The largest absolute Gasteiger partial charge is 0.464 e. The number of hydrogen-bond acceptors (Lipinski definition) is 6. The van der Waals surface area contributed by atoms with Crippen LogP contribution in [-0.4, -0.2) is 41.5 Å². The highest BCUT2D eigenvalue weighted by Gasteiger charge is 2.59. The molecule has 0 aromatic heterocycles. The first-order valence-corrected chi connectivity index (χ1v) is 10.1. The van der Waals surface area contributed by atoms with E-state index in [9.17, 15) is 28.3 Å². The number of aliphatic hydroxyl groups is 1. The highest BCUT2D eigenvalue weighted by molar-refractivity contribution is 6.13. The van der Waals surface area contributed by atoms with E-state index in [4.69, 9.17) is 4.74 Å². The van der Waals surface area contributed by atoms with Gasteiger partial charge in [0.1, 0.15) is 0 Å². The molecular formula is C23H24F2N2O5. The van der Waals surface area contributed by atoms with E-state index in [1.165, 1.54) is 4.90 Å². The van der Waals surface area contributed by atoms with Crippen molar-refractivity contribution in [3.05, 3.63) is 59.2 Å². The van der Waals surface area contributed by atoms with Crippen molar-refractivity contribution in [1.82, 2.24) is 0 Å². The van der Waals surface area contributed by atoms with E-state index >= 15 is 0 Å². The summed E-state index contributed by atoms with van der Waals surface area (Å²) < 4.78 is 32.9. The lowest BCUT2D eigenvalue weighted by Gasteiger charge is -2.35. The Labute approximate surface area is 184 Å². The molecule has 9 heteroatoms. The number of amides is 1. The number of fused-ring (bicyclic) bond motifs is 1. The maximum atomic E-state index is 14.1. The van der Waals surface area contributed by atoms with Crippen LogP contribution in [-0.2, 0) is 19.9 Å². The van der Waals surface area contributed by atoms with Gasteiger partial charge in [-0.3, -0.25) is 9.59 Å². The number of ether oxygens (including phenoxy) is 1. The number of nitrogens with zero attached hydrogens (tertiary/aromatic N) is 1. The summed E-state index contributed by atoms with van der Waals surface area (Å²) in [5.74, 6) is -4.90. The molecule has 0 bridgehead atoms. The van der Waals surface area contributed by atoms with Crippen molar-refractivity contribution in [2.75, 3.05) is 16.8 Å². The molecule has 1 aliphatic rings. The quantitative estimate of drug-likeness (QED) is 0.501. The summed E-state index contributed by atoms with van der Waals surface area (Å²) >= 11 is 0. The predicted molar refractivity (Wildman–Crippen MR) is 113 cm³/mol. The van der Waals surface area contributed by atoms with Crippen molar-refractivity contribution in [2.45, 2.75) is 45.4 Å². The standard InChI is InChI=1S/C23H24F2N2O5/c1-5-32-21(30)20(29)23(26-18-11-17(25)16(24)10-14(18)13(4)28)15-8-6-7-9-19(15)27(12(2)3)22(23)31/h6-12,20,26,29H,5H2,1-4H3. The second kappa shape index (κ2) is 8.66. The first-order chi connectivity index (χ1) is 15.1. The van der Waals surface area contributed by atoms with Crippen molar-refractivity contribution >= 4 is 29.0 Å². The number of rotatable bonds is 7. The Hall–Kier alpha value is -3.33. The Morgan fingerprint density at radius 3 is 2.41 bits per heavy atom. The number of benzene rings is 2. The van der Waals surface area contributed by atoms with Gasteiger partial charge in [0.2, 0.25) is 0 Å². The zero-order chi connectivity index (χ0) is 23.8. The van der Waals surface area contributed by atoms with Crippen molar-refractivity contribution in [2.24, 2.45) is 0 Å². The zero-order valence-electron chi connectivity index (χ0n) is 18.1. The number of Topliss-reactive ketones (excluding diaryl/α,β-unsaturated/α-hetero) is 1. The average molecular weight is 446 g/mol. The number of esters is 1. The second-order valence-electron chi connectivity index (χ2n) is 7.74. The summed E-state index contributed by atoms with van der Waals surface area (Å²) in [5, 5.41) is 13.8. The fourth-order valence-electron chi connectivity index (χ4n) is 3.95. The number of hydrogen-bond donors (Lipinski definition) is 2. The van der Waals surface area contributed by atoms with Crippen LogP contribution < -0.4 is 10.2 Å². The Morgan fingerprint density at radius 2 is 1.81 bits per heavy atom. The maximum absolute atomic E-state index is 14.1. The van der Waals surface area contributed by atoms with Crippen molar-refractivity contribution in [3.8, 4) is 0 Å². The van der Waals surface area contributed by atoms with Gasteiger partial charge in [0.25, 0.3) is 5.91 Å². The lowest BCUT2D eigenvalue weighted by molar-refractivity contribution is -0.159. The van der Waals surface area contributed by atoms with Crippen LogP contribution in [0.5, 0.6) is 0 Å². The highest BCUT2D eigenvalue weighted by atomic mass is 19.2. The van der Waals surface area contributed by atoms with Gasteiger partial charge in [-0.1, -0.05) is 18.2 Å². The number of halogens is 2. The fraction of sp³-hybridized carbons (Fsp3) is 0.348. The van der Waals surface area contributed by atoms with E-state index in [2.05, 4.69) is 5.32 Å². The van der Waals surface area contributed by atoms with E-state index in [-0.39, 0.29) is 29.5 Å². The van der Waals surface area contributed by atoms with E-state index in [1.807, 2.05) is 0 Å². The Bertz CT molecular complexity index is 1090. The molecule has 0 radical (unpaired) electrons. The van der Waals surface area contributed by atoms with Gasteiger partial charge in [0, 0.05) is 28.9 Å². The molecule has 0 saturated heterocycles. The molecule has 170 valence electrons. The Balaban J connectivity index is 2.30. The molecule has 2 aromatic carbocycles. The van der Waals surface area contributed by atoms with E-state index in [1.54, 1.807) is 45.0 Å². The number of aliphatic hydroxyl groups excluding tert-OH is 1. The van der Waals surface area contributed by atoms with Crippen molar-refractivity contribution < 1.29 is 33.0 Å². The molecule has 7 nitrogen and oxygen atoms in total. The monoisotopic (exact) mass is 446 g/mol.